The fourth-order valence-electron chi connectivity index (χ4n) is 3.63. The van der Waals surface area contributed by atoms with Gasteiger partial charge in [0.1, 0.15) is 16.9 Å². The summed E-state index contributed by atoms with van der Waals surface area (Å²) in [5.74, 6) is 0.0572. The number of fused-ring (bicyclic) bond motifs is 2. The van der Waals surface area contributed by atoms with E-state index in [-0.39, 0.29) is 11.4 Å². The summed E-state index contributed by atoms with van der Waals surface area (Å²) in [5, 5.41) is 1.87. The highest BCUT2D eigenvalue weighted by Gasteiger charge is 2.19. The smallest absolute Gasteiger partial charge is 0.339 e. The molecule has 0 amide bonds. The van der Waals surface area contributed by atoms with Crippen LogP contribution in [0.1, 0.15) is 30.0 Å². The summed E-state index contributed by atoms with van der Waals surface area (Å²) >= 11 is 0. The second-order valence-corrected chi connectivity index (χ2v) is 6.97. The van der Waals surface area contributed by atoms with E-state index in [9.17, 15) is 9.59 Å². The van der Waals surface area contributed by atoms with Gasteiger partial charge < -0.3 is 13.6 Å². The van der Waals surface area contributed by atoms with Crippen molar-refractivity contribution in [1.29, 1.82) is 0 Å². The van der Waals surface area contributed by atoms with Crippen molar-refractivity contribution in [2.24, 2.45) is 0 Å². The summed E-state index contributed by atoms with van der Waals surface area (Å²) in [6, 6.07) is 12.1. The number of hydrogen-bond acceptors (Lipinski definition) is 4. The molecule has 2 heterocycles. The van der Waals surface area contributed by atoms with Crippen molar-refractivity contribution in [2.45, 2.75) is 33.6 Å². The Morgan fingerprint density at radius 1 is 1.00 bits per heavy atom. The maximum absolute atomic E-state index is 12.5. The molecule has 0 atom stereocenters. The van der Waals surface area contributed by atoms with Gasteiger partial charge in [-0.15, -0.1) is 0 Å². The van der Waals surface area contributed by atoms with Crippen molar-refractivity contribution in [3.8, 4) is 11.1 Å². The summed E-state index contributed by atoms with van der Waals surface area (Å²) in [4.78, 5) is 23.8. The van der Waals surface area contributed by atoms with Crippen LogP contribution in [0.4, 0.5) is 0 Å². The lowest BCUT2D eigenvalue weighted by atomic mass is 9.96. The Labute approximate surface area is 156 Å². The van der Waals surface area contributed by atoms with Crippen LogP contribution < -0.4 is 5.63 Å². The van der Waals surface area contributed by atoms with Crippen LogP contribution in [0.15, 0.2) is 56.3 Å². The number of Topliss-reactive ketones (excluding diaryl/α,β-unsaturated/α-hetero) is 1. The van der Waals surface area contributed by atoms with Gasteiger partial charge in [0, 0.05) is 33.9 Å². The molecule has 4 heteroatoms. The lowest BCUT2D eigenvalue weighted by molar-refractivity contribution is -0.116. The molecule has 0 fully saturated rings. The zero-order valence-corrected chi connectivity index (χ0v) is 15.6. The van der Waals surface area contributed by atoms with Crippen LogP contribution >= 0.6 is 0 Å². The Morgan fingerprint density at radius 2 is 1.74 bits per heavy atom. The highest BCUT2D eigenvalue weighted by molar-refractivity contribution is 6.04. The first-order valence-corrected chi connectivity index (χ1v) is 8.99. The van der Waals surface area contributed by atoms with Gasteiger partial charge in [-0.05, 0) is 44.4 Å². The number of hydrogen-bond donors (Lipinski definition) is 0. The normalized spacial score (nSPS) is 11.4. The molecule has 2 aromatic heterocycles. The quantitative estimate of drug-likeness (QED) is 0.461. The van der Waals surface area contributed by atoms with Crippen LogP contribution in [0, 0.1) is 13.8 Å². The Morgan fingerprint density at radius 3 is 2.44 bits per heavy atom. The molecule has 0 saturated carbocycles. The van der Waals surface area contributed by atoms with E-state index in [4.69, 9.17) is 8.83 Å². The second kappa shape index (κ2) is 6.54. The van der Waals surface area contributed by atoms with Crippen LogP contribution in [0.5, 0.6) is 0 Å². The lowest BCUT2D eigenvalue weighted by Crippen LogP contribution is -2.12. The predicted octanol–water partition coefficient (Wildman–Crippen LogP) is 5.34. The van der Waals surface area contributed by atoms with E-state index in [2.05, 4.69) is 0 Å². The van der Waals surface area contributed by atoms with E-state index in [0.29, 0.717) is 24.0 Å². The topological polar surface area (TPSA) is 60.4 Å². The first-order chi connectivity index (χ1) is 13.0. The molecule has 0 bridgehead atoms. The predicted molar refractivity (Wildman–Crippen MR) is 106 cm³/mol. The van der Waals surface area contributed by atoms with Gasteiger partial charge in [0.15, 0.2) is 0 Å². The molecule has 0 unspecified atom stereocenters. The molecule has 0 radical (unpaired) electrons. The molecule has 0 aliphatic rings. The van der Waals surface area contributed by atoms with Crippen molar-refractivity contribution in [2.75, 3.05) is 0 Å². The maximum Gasteiger partial charge on any atom is 0.339 e. The second-order valence-electron chi connectivity index (χ2n) is 6.97. The van der Waals surface area contributed by atoms with Crippen LogP contribution in [-0.2, 0) is 11.2 Å². The molecule has 0 aliphatic heterocycles. The molecule has 2 aromatic carbocycles. The zero-order valence-electron chi connectivity index (χ0n) is 15.6. The van der Waals surface area contributed by atoms with E-state index in [1.54, 1.807) is 6.26 Å². The first kappa shape index (κ1) is 17.3. The zero-order chi connectivity index (χ0) is 19.1. The van der Waals surface area contributed by atoms with Crippen LogP contribution in [0.3, 0.4) is 0 Å². The number of carbonyl (C=O) groups is 1. The van der Waals surface area contributed by atoms with E-state index >= 15 is 0 Å². The fraction of sp³-hybridized carbons (Fsp3) is 0.217. The largest absolute Gasteiger partial charge is 0.463 e. The Balaban J connectivity index is 2.00. The number of carbonyl (C=O) groups excluding carboxylic acids is 1. The molecular weight excluding hydrogens is 340 g/mol. The fourth-order valence-corrected chi connectivity index (χ4v) is 3.63. The monoisotopic (exact) mass is 360 g/mol. The van der Waals surface area contributed by atoms with Crippen molar-refractivity contribution in [1.82, 2.24) is 0 Å². The summed E-state index contributed by atoms with van der Waals surface area (Å²) in [6.45, 7) is 5.35. The van der Waals surface area contributed by atoms with Crippen molar-refractivity contribution in [3.63, 3.8) is 0 Å². The van der Waals surface area contributed by atoms with Gasteiger partial charge in [0.2, 0.25) is 0 Å². The summed E-state index contributed by atoms with van der Waals surface area (Å²) < 4.78 is 11.5. The van der Waals surface area contributed by atoms with E-state index in [0.717, 1.165) is 38.6 Å². The third-order valence-electron chi connectivity index (χ3n) is 5.15. The Bertz CT molecular complexity index is 1230. The van der Waals surface area contributed by atoms with Crippen LogP contribution in [0.2, 0.25) is 0 Å². The van der Waals surface area contributed by atoms with E-state index < -0.39 is 0 Å². The van der Waals surface area contributed by atoms with Gasteiger partial charge in [-0.3, -0.25) is 0 Å². The van der Waals surface area contributed by atoms with E-state index in [1.165, 1.54) is 6.92 Å². The maximum atomic E-state index is 12.5. The molecule has 0 spiro atoms. The van der Waals surface area contributed by atoms with Crippen molar-refractivity contribution in [3.05, 3.63) is 69.8 Å². The molecule has 0 saturated heterocycles. The standard InChI is InChI=1S/C23H20O4/c1-13(24)9-10-17-14(2)18-11-19-20(16-7-5-4-6-8-16)12-26-21(19)15(3)22(18)27-23(17)25/h4-8,11-12H,9-10H2,1-3H3. The van der Waals surface area contributed by atoms with Crippen molar-refractivity contribution < 1.29 is 13.6 Å². The Hall–Kier alpha value is -3.14. The van der Waals surface area contributed by atoms with Crippen molar-refractivity contribution >= 4 is 27.7 Å². The number of benzene rings is 2. The summed E-state index contributed by atoms with van der Waals surface area (Å²) in [7, 11) is 0. The molecule has 4 aromatic rings. The molecule has 4 rings (SSSR count). The summed E-state index contributed by atoms with van der Waals surface area (Å²) in [6.07, 6.45) is 2.47. The van der Waals surface area contributed by atoms with Gasteiger partial charge in [-0.1, -0.05) is 30.3 Å². The minimum absolute atomic E-state index is 0.0572. The van der Waals surface area contributed by atoms with Gasteiger partial charge in [-0.25, -0.2) is 4.79 Å². The molecular formula is C23H20O4. The average molecular weight is 360 g/mol. The van der Waals surface area contributed by atoms with Gasteiger partial charge in [-0.2, -0.15) is 0 Å². The number of ketones is 1. The number of rotatable bonds is 4. The summed E-state index contributed by atoms with van der Waals surface area (Å²) in [5.41, 5.74) is 5.22. The van der Waals surface area contributed by atoms with Crippen LogP contribution in [-0.4, -0.2) is 5.78 Å². The molecule has 27 heavy (non-hydrogen) atoms. The minimum atomic E-state index is -0.376. The highest BCUT2D eigenvalue weighted by atomic mass is 16.4. The average Bonchev–Trinajstić information content (AvgIpc) is 3.07. The molecule has 136 valence electrons. The third-order valence-corrected chi connectivity index (χ3v) is 5.15. The molecule has 0 aliphatic carbocycles. The number of furan rings is 1. The third kappa shape index (κ3) is 2.87. The van der Waals surface area contributed by atoms with E-state index in [1.807, 2.05) is 50.2 Å². The van der Waals surface area contributed by atoms with Gasteiger partial charge in [0.05, 0.1) is 6.26 Å². The Kier molecular flexibility index (Phi) is 4.19. The minimum Gasteiger partial charge on any atom is -0.463 e. The first-order valence-electron chi connectivity index (χ1n) is 8.99. The SMILES string of the molecule is CC(=O)CCc1c(C)c2cc3c(-c4ccccc4)coc3c(C)c2oc1=O. The van der Waals surface area contributed by atoms with Gasteiger partial charge >= 0.3 is 5.63 Å². The van der Waals surface area contributed by atoms with Gasteiger partial charge in [0.25, 0.3) is 0 Å². The lowest BCUT2D eigenvalue weighted by Gasteiger charge is -2.10. The number of aryl methyl sites for hydroxylation is 2. The molecule has 4 nitrogen and oxygen atoms in total. The highest BCUT2D eigenvalue weighted by Crippen LogP contribution is 2.37. The van der Waals surface area contributed by atoms with Crippen LogP contribution in [0.25, 0.3) is 33.1 Å². The molecule has 0 N–H and O–H groups in total.